The van der Waals surface area contributed by atoms with Gasteiger partial charge in [0.1, 0.15) is 18.8 Å². The van der Waals surface area contributed by atoms with Gasteiger partial charge in [-0.2, -0.15) is 0 Å². The number of rotatable bonds is 9. The third-order valence-electron chi connectivity index (χ3n) is 9.24. The van der Waals surface area contributed by atoms with Gasteiger partial charge in [-0.3, -0.25) is 19.2 Å². The van der Waals surface area contributed by atoms with Crippen LogP contribution in [-0.4, -0.2) is 54.9 Å². The van der Waals surface area contributed by atoms with Crippen LogP contribution in [-0.2, 0) is 49.3 Å². The highest BCUT2D eigenvalue weighted by Gasteiger charge is 2.52. The molecule has 45 heavy (non-hydrogen) atoms. The molecule has 5 rings (SSSR count). The molecule has 5 atom stereocenters. The molecular formula is C35H41ClO9. The van der Waals surface area contributed by atoms with Crippen LogP contribution in [0.4, 0.5) is 0 Å². The first kappa shape index (κ1) is 32.9. The average Bonchev–Trinajstić information content (AvgIpc) is 3.74. The van der Waals surface area contributed by atoms with Crippen LogP contribution in [0.1, 0.15) is 100 Å². The zero-order valence-electron chi connectivity index (χ0n) is 26.2. The zero-order valence-corrected chi connectivity index (χ0v) is 27.0. The molecule has 1 saturated heterocycles. The molecule has 0 aromatic heterocycles. The highest BCUT2D eigenvalue weighted by atomic mass is 35.5. The normalized spacial score (nSPS) is 25.7. The molecule has 1 aliphatic heterocycles. The molecule has 3 aliphatic rings. The Morgan fingerprint density at radius 1 is 0.756 bits per heavy atom. The topological polar surface area (TPSA) is 114 Å². The van der Waals surface area contributed by atoms with Gasteiger partial charge in [0, 0.05) is 32.7 Å². The minimum absolute atomic E-state index is 0.289. The molecule has 1 spiro atoms. The van der Waals surface area contributed by atoms with E-state index >= 15 is 0 Å². The predicted octanol–water partition coefficient (Wildman–Crippen LogP) is 6.17. The maximum Gasteiger partial charge on any atom is 0.303 e. The van der Waals surface area contributed by atoms with E-state index in [1.807, 2.05) is 6.07 Å². The van der Waals surface area contributed by atoms with Gasteiger partial charge in [0.25, 0.3) is 0 Å². The average molecular weight is 641 g/mol. The van der Waals surface area contributed by atoms with Gasteiger partial charge in [-0.15, -0.1) is 0 Å². The summed E-state index contributed by atoms with van der Waals surface area (Å²) < 4.78 is 28.3. The van der Waals surface area contributed by atoms with Crippen molar-refractivity contribution >= 4 is 35.5 Å². The molecule has 9 nitrogen and oxygen atoms in total. The number of carbonyl (C=O) groups is 4. The first-order valence-electron chi connectivity index (χ1n) is 15.6. The van der Waals surface area contributed by atoms with Crippen LogP contribution in [0.3, 0.4) is 0 Å². The first-order chi connectivity index (χ1) is 21.4. The summed E-state index contributed by atoms with van der Waals surface area (Å²) in [6, 6.07) is 14.1. The molecule has 3 fully saturated rings. The summed E-state index contributed by atoms with van der Waals surface area (Å²) in [5.74, 6) is -1.96. The van der Waals surface area contributed by atoms with Crippen molar-refractivity contribution < 1.29 is 42.9 Å². The minimum Gasteiger partial charge on any atom is -0.463 e. The predicted molar refractivity (Wildman–Crippen MR) is 164 cm³/mol. The number of hydrogen-bond donors (Lipinski definition) is 0. The Morgan fingerprint density at radius 2 is 1.33 bits per heavy atom. The third kappa shape index (κ3) is 8.24. The highest BCUT2D eigenvalue weighted by molar-refractivity contribution is 6.31. The maximum atomic E-state index is 12.3. The van der Waals surface area contributed by atoms with Gasteiger partial charge in [0.2, 0.25) is 0 Å². The number of ether oxygens (including phenoxy) is 5. The summed E-state index contributed by atoms with van der Waals surface area (Å²) >= 11 is 6.67. The fourth-order valence-electron chi connectivity index (χ4n) is 6.77. The van der Waals surface area contributed by atoms with E-state index in [1.165, 1.54) is 71.8 Å². The van der Waals surface area contributed by atoms with Crippen molar-refractivity contribution in [1.29, 1.82) is 0 Å². The summed E-state index contributed by atoms with van der Waals surface area (Å²) in [5, 5.41) is 0.551. The van der Waals surface area contributed by atoms with E-state index in [0.29, 0.717) is 28.3 Å². The van der Waals surface area contributed by atoms with Crippen LogP contribution < -0.4 is 0 Å². The summed E-state index contributed by atoms with van der Waals surface area (Å²) in [5.41, 5.74) is 4.55. The zero-order chi connectivity index (χ0) is 32.3. The van der Waals surface area contributed by atoms with Gasteiger partial charge in [-0.25, -0.2) is 0 Å². The Labute approximate surface area is 268 Å². The summed E-state index contributed by atoms with van der Waals surface area (Å²) in [4.78, 5) is 48.2. The second kappa shape index (κ2) is 13.9. The highest BCUT2D eigenvalue weighted by Crippen LogP contribution is 2.58. The van der Waals surface area contributed by atoms with E-state index in [-0.39, 0.29) is 6.61 Å². The van der Waals surface area contributed by atoms with Crippen molar-refractivity contribution in [2.75, 3.05) is 6.61 Å². The lowest BCUT2D eigenvalue weighted by atomic mass is 9.77. The Morgan fingerprint density at radius 3 is 1.91 bits per heavy atom. The monoisotopic (exact) mass is 640 g/mol. The van der Waals surface area contributed by atoms with E-state index in [0.717, 1.165) is 11.1 Å². The van der Waals surface area contributed by atoms with Crippen molar-refractivity contribution in [2.24, 2.45) is 5.41 Å². The van der Waals surface area contributed by atoms with Gasteiger partial charge in [-0.05, 0) is 84.6 Å². The van der Waals surface area contributed by atoms with Crippen LogP contribution in [0.2, 0.25) is 5.02 Å². The van der Waals surface area contributed by atoms with Crippen molar-refractivity contribution in [3.05, 3.63) is 69.7 Å². The Hall–Kier alpha value is -3.43. The molecule has 1 unspecified atom stereocenters. The Bertz CT molecular complexity index is 1410. The molecule has 0 N–H and O–H groups in total. The quantitative estimate of drug-likeness (QED) is 0.235. The second-order valence-corrected chi connectivity index (χ2v) is 13.1. The van der Waals surface area contributed by atoms with Crippen molar-refractivity contribution in [2.45, 2.75) is 109 Å². The van der Waals surface area contributed by atoms with E-state index in [2.05, 4.69) is 24.3 Å². The van der Waals surface area contributed by atoms with Gasteiger partial charge in [-0.1, -0.05) is 48.0 Å². The smallest absolute Gasteiger partial charge is 0.303 e. The number of esters is 4. The lowest BCUT2D eigenvalue weighted by Crippen LogP contribution is -2.59. The van der Waals surface area contributed by atoms with Crippen molar-refractivity contribution in [3.8, 4) is 0 Å². The van der Waals surface area contributed by atoms with E-state index in [1.54, 1.807) is 12.1 Å². The van der Waals surface area contributed by atoms with Crippen LogP contribution in [0, 0.1) is 5.41 Å². The standard InChI is InChI=1S/C35H41ClO9/c1-20(37)41-19-30-32(42-21(2)38)34(44-23(4)40)33(43-22(3)39)31(45-30)27-9-10-29(36)28(18-27)17-24-5-7-25(8-6-24)26-11-13-35(14-12-26)15-16-35/h5-10,18,26,30-34H,11-17,19H2,1-4H3/t30-,31?,32-,33+,34+/m1/s1. The maximum absolute atomic E-state index is 12.3. The van der Waals surface area contributed by atoms with Crippen molar-refractivity contribution in [1.82, 2.24) is 0 Å². The molecule has 2 saturated carbocycles. The summed E-state index contributed by atoms with van der Waals surface area (Å²) in [6.45, 7) is 4.57. The lowest BCUT2D eigenvalue weighted by molar-refractivity contribution is -0.254. The molecule has 10 heteroatoms. The van der Waals surface area contributed by atoms with Crippen LogP contribution >= 0.6 is 11.6 Å². The number of carbonyl (C=O) groups excluding carboxylic acids is 4. The van der Waals surface area contributed by atoms with Crippen LogP contribution in [0.25, 0.3) is 0 Å². The lowest BCUT2D eigenvalue weighted by Gasteiger charge is -2.44. The molecule has 2 aromatic rings. The third-order valence-corrected chi connectivity index (χ3v) is 9.61. The number of benzene rings is 2. The van der Waals surface area contributed by atoms with E-state index < -0.39 is 54.4 Å². The molecule has 2 aromatic carbocycles. The summed E-state index contributed by atoms with van der Waals surface area (Å²) in [7, 11) is 0. The molecule has 242 valence electrons. The largest absolute Gasteiger partial charge is 0.463 e. The van der Waals surface area contributed by atoms with Crippen LogP contribution in [0.15, 0.2) is 42.5 Å². The van der Waals surface area contributed by atoms with Crippen LogP contribution in [0.5, 0.6) is 0 Å². The summed E-state index contributed by atoms with van der Waals surface area (Å²) in [6.07, 6.45) is 2.90. The fourth-order valence-corrected chi connectivity index (χ4v) is 6.96. The molecule has 1 heterocycles. The first-order valence-corrected chi connectivity index (χ1v) is 16.0. The fraction of sp³-hybridized carbons (Fsp3) is 0.543. The number of halogens is 1. The van der Waals surface area contributed by atoms with E-state index in [9.17, 15) is 19.2 Å². The SMILES string of the molecule is CC(=O)OC[C@H]1OC(c2ccc(Cl)c(Cc3ccc(C4CCC5(CC4)CC5)cc3)c2)[C@H](OC(C)=O)[C@@H](OC(C)=O)[C@@H]1OC(C)=O. The van der Waals surface area contributed by atoms with Crippen molar-refractivity contribution in [3.63, 3.8) is 0 Å². The number of hydrogen-bond acceptors (Lipinski definition) is 9. The molecule has 0 bridgehead atoms. The van der Waals surface area contributed by atoms with Gasteiger partial charge in [0.05, 0.1) is 0 Å². The van der Waals surface area contributed by atoms with Gasteiger partial charge in [0.15, 0.2) is 18.3 Å². The van der Waals surface area contributed by atoms with E-state index in [4.69, 9.17) is 35.3 Å². The van der Waals surface area contributed by atoms with Gasteiger partial charge < -0.3 is 23.7 Å². The Kier molecular flexibility index (Phi) is 10.2. The Balaban J connectivity index is 1.41. The minimum atomic E-state index is -1.24. The molecular weight excluding hydrogens is 600 g/mol. The molecule has 0 radical (unpaired) electrons. The second-order valence-electron chi connectivity index (χ2n) is 12.7. The van der Waals surface area contributed by atoms with Gasteiger partial charge >= 0.3 is 23.9 Å². The molecule has 2 aliphatic carbocycles. The molecule has 0 amide bonds.